The Balaban J connectivity index is 2.16. The van der Waals surface area contributed by atoms with Crippen molar-refractivity contribution in [1.29, 1.82) is 0 Å². The Morgan fingerprint density at radius 1 is 1.33 bits per heavy atom. The molecular formula is C13H12BrN3O. The lowest BCUT2D eigenvalue weighted by Gasteiger charge is -2.05. The molecule has 0 aliphatic carbocycles. The lowest BCUT2D eigenvalue weighted by atomic mass is 10.2. The van der Waals surface area contributed by atoms with Crippen molar-refractivity contribution < 1.29 is 4.79 Å². The normalized spacial score (nSPS) is 10.1. The van der Waals surface area contributed by atoms with Crippen LogP contribution in [0.2, 0.25) is 0 Å². The molecule has 5 heteroatoms. The van der Waals surface area contributed by atoms with Crippen LogP contribution in [0.25, 0.3) is 0 Å². The summed E-state index contributed by atoms with van der Waals surface area (Å²) >= 11 is 3.35. The van der Waals surface area contributed by atoms with E-state index in [1.165, 1.54) is 0 Å². The molecule has 92 valence electrons. The Morgan fingerprint density at radius 2 is 2.17 bits per heavy atom. The molecule has 0 aliphatic rings. The second-order valence-corrected chi connectivity index (χ2v) is 4.63. The molecular weight excluding hydrogens is 294 g/mol. The third-order valence-corrected chi connectivity index (χ3v) is 2.87. The molecule has 0 aliphatic heterocycles. The molecule has 0 atom stereocenters. The van der Waals surface area contributed by atoms with Gasteiger partial charge >= 0.3 is 0 Å². The lowest BCUT2D eigenvalue weighted by molar-refractivity contribution is 0.102. The maximum absolute atomic E-state index is 12.0. The molecule has 0 bridgehead atoms. The van der Waals surface area contributed by atoms with Crippen LogP contribution in [0.1, 0.15) is 16.1 Å². The van der Waals surface area contributed by atoms with Gasteiger partial charge in [-0.2, -0.15) is 0 Å². The summed E-state index contributed by atoms with van der Waals surface area (Å²) in [4.78, 5) is 16.0. The maximum Gasteiger partial charge on any atom is 0.274 e. The molecule has 2 rings (SSSR count). The highest BCUT2D eigenvalue weighted by molar-refractivity contribution is 9.10. The number of carbonyl (C=O) groups excluding carboxylic acids is 1. The number of nitrogens with one attached hydrogen (secondary N) is 1. The van der Waals surface area contributed by atoms with E-state index in [0.29, 0.717) is 17.9 Å². The zero-order valence-corrected chi connectivity index (χ0v) is 11.1. The number of carbonyl (C=O) groups is 1. The number of rotatable bonds is 3. The highest BCUT2D eigenvalue weighted by atomic mass is 79.9. The zero-order valence-electron chi connectivity index (χ0n) is 9.56. The number of benzene rings is 1. The van der Waals surface area contributed by atoms with E-state index < -0.39 is 0 Å². The number of amides is 1. The Bertz CT molecular complexity index is 572. The van der Waals surface area contributed by atoms with Gasteiger partial charge in [-0.25, -0.2) is 0 Å². The zero-order chi connectivity index (χ0) is 13.0. The molecule has 0 saturated carbocycles. The van der Waals surface area contributed by atoms with Crippen molar-refractivity contribution in [1.82, 2.24) is 4.98 Å². The number of anilines is 1. The summed E-state index contributed by atoms with van der Waals surface area (Å²) < 4.78 is 0.906. The van der Waals surface area contributed by atoms with Gasteiger partial charge in [0.2, 0.25) is 0 Å². The molecule has 1 amide bonds. The van der Waals surface area contributed by atoms with E-state index in [0.717, 1.165) is 10.0 Å². The number of nitrogens with two attached hydrogens (primary N) is 1. The predicted molar refractivity (Wildman–Crippen MR) is 74.2 cm³/mol. The first-order chi connectivity index (χ1) is 8.69. The molecule has 0 unspecified atom stereocenters. The van der Waals surface area contributed by atoms with Gasteiger partial charge in [0.25, 0.3) is 5.91 Å². The average molecular weight is 306 g/mol. The SMILES string of the molecule is NCc1ccnc(C(=O)Nc2cccc(Br)c2)c1. The van der Waals surface area contributed by atoms with E-state index in [1.54, 1.807) is 18.3 Å². The second kappa shape index (κ2) is 5.75. The first-order valence-electron chi connectivity index (χ1n) is 5.41. The fraction of sp³-hybridized carbons (Fsp3) is 0.0769. The van der Waals surface area contributed by atoms with Gasteiger partial charge in [-0.05, 0) is 35.9 Å². The maximum atomic E-state index is 12.0. The van der Waals surface area contributed by atoms with Crippen LogP contribution in [0.4, 0.5) is 5.69 Å². The summed E-state index contributed by atoms with van der Waals surface area (Å²) in [5.41, 5.74) is 7.48. The number of pyridine rings is 1. The van der Waals surface area contributed by atoms with E-state index in [4.69, 9.17) is 5.73 Å². The van der Waals surface area contributed by atoms with Crippen molar-refractivity contribution in [3.05, 3.63) is 58.3 Å². The Morgan fingerprint density at radius 3 is 2.89 bits per heavy atom. The minimum Gasteiger partial charge on any atom is -0.326 e. The molecule has 3 N–H and O–H groups in total. The van der Waals surface area contributed by atoms with Crippen LogP contribution in [-0.2, 0) is 6.54 Å². The van der Waals surface area contributed by atoms with Crippen molar-refractivity contribution in [3.8, 4) is 0 Å². The van der Waals surface area contributed by atoms with Gasteiger partial charge in [-0.3, -0.25) is 9.78 Å². The van der Waals surface area contributed by atoms with Crippen LogP contribution in [0.15, 0.2) is 47.1 Å². The predicted octanol–water partition coefficient (Wildman–Crippen LogP) is 2.56. The van der Waals surface area contributed by atoms with Crippen molar-refractivity contribution in [2.75, 3.05) is 5.32 Å². The summed E-state index contributed by atoms with van der Waals surface area (Å²) in [5.74, 6) is -0.247. The monoisotopic (exact) mass is 305 g/mol. The number of hydrogen-bond acceptors (Lipinski definition) is 3. The third-order valence-electron chi connectivity index (χ3n) is 2.38. The third kappa shape index (κ3) is 3.15. The average Bonchev–Trinajstić information content (AvgIpc) is 2.39. The minimum atomic E-state index is -0.247. The molecule has 0 saturated heterocycles. The highest BCUT2D eigenvalue weighted by Crippen LogP contribution is 2.16. The molecule has 4 nitrogen and oxygen atoms in total. The smallest absolute Gasteiger partial charge is 0.274 e. The van der Waals surface area contributed by atoms with Crippen LogP contribution >= 0.6 is 15.9 Å². The lowest BCUT2D eigenvalue weighted by Crippen LogP contribution is -2.14. The van der Waals surface area contributed by atoms with Crippen molar-refractivity contribution in [3.63, 3.8) is 0 Å². The molecule has 0 radical (unpaired) electrons. The molecule has 0 spiro atoms. The fourth-order valence-electron chi connectivity index (χ4n) is 1.49. The summed E-state index contributed by atoms with van der Waals surface area (Å²) in [7, 11) is 0. The van der Waals surface area contributed by atoms with Crippen molar-refractivity contribution >= 4 is 27.5 Å². The van der Waals surface area contributed by atoms with Crippen LogP contribution in [0.5, 0.6) is 0 Å². The second-order valence-electron chi connectivity index (χ2n) is 3.72. The summed E-state index contributed by atoms with van der Waals surface area (Å²) in [5, 5.41) is 2.78. The molecule has 2 aromatic rings. The molecule has 0 fully saturated rings. The standard InChI is InChI=1S/C13H12BrN3O/c14-10-2-1-3-11(7-10)17-13(18)12-6-9(8-15)4-5-16-12/h1-7H,8,15H2,(H,17,18). The Hall–Kier alpha value is -1.72. The number of hydrogen-bond donors (Lipinski definition) is 2. The van der Waals surface area contributed by atoms with Gasteiger partial charge in [-0.15, -0.1) is 0 Å². The molecule has 1 aromatic carbocycles. The van der Waals surface area contributed by atoms with E-state index in [1.807, 2.05) is 24.3 Å². The minimum absolute atomic E-state index is 0.247. The Labute approximate surface area is 113 Å². The summed E-state index contributed by atoms with van der Waals surface area (Å²) in [6.07, 6.45) is 1.58. The van der Waals surface area contributed by atoms with Gasteiger partial charge in [0.05, 0.1) is 0 Å². The van der Waals surface area contributed by atoms with Crippen LogP contribution < -0.4 is 11.1 Å². The number of nitrogens with zero attached hydrogens (tertiary/aromatic N) is 1. The Kier molecular flexibility index (Phi) is 4.07. The first-order valence-corrected chi connectivity index (χ1v) is 6.20. The molecule has 1 heterocycles. The quantitative estimate of drug-likeness (QED) is 0.915. The van der Waals surface area contributed by atoms with Crippen LogP contribution in [0.3, 0.4) is 0 Å². The largest absolute Gasteiger partial charge is 0.326 e. The molecule has 1 aromatic heterocycles. The van der Waals surface area contributed by atoms with Gasteiger partial charge in [0.1, 0.15) is 5.69 Å². The van der Waals surface area contributed by atoms with Crippen LogP contribution in [-0.4, -0.2) is 10.9 Å². The number of halogens is 1. The van der Waals surface area contributed by atoms with Crippen LogP contribution in [0, 0.1) is 0 Å². The topological polar surface area (TPSA) is 68.0 Å². The van der Waals surface area contributed by atoms with E-state index >= 15 is 0 Å². The number of aromatic nitrogens is 1. The summed E-state index contributed by atoms with van der Waals surface area (Å²) in [6, 6.07) is 10.9. The van der Waals surface area contributed by atoms with E-state index in [-0.39, 0.29) is 5.91 Å². The summed E-state index contributed by atoms with van der Waals surface area (Å²) in [6.45, 7) is 0.389. The van der Waals surface area contributed by atoms with Gasteiger partial charge in [-0.1, -0.05) is 22.0 Å². The van der Waals surface area contributed by atoms with Gasteiger partial charge in [0, 0.05) is 22.9 Å². The van der Waals surface area contributed by atoms with Crippen molar-refractivity contribution in [2.45, 2.75) is 6.54 Å². The van der Waals surface area contributed by atoms with Crippen molar-refractivity contribution in [2.24, 2.45) is 5.73 Å². The molecule has 18 heavy (non-hydrogen) atoms. The van der Waals surface area contributed by atoms with Gasteiger partial charge < -0.3 is 11.1 Å². The van der Waals surface area contributed by atoms with Gasteiger partial charge in [0.15, 0.2) is 0 Å². The van der Waals surface area contributed by atoms with E-state index in [2.05, 4.69) is 26.2 Å². The highest BCUT2D eigenvalue weighted by Gasteiger charge is 2.08. The van der Waals surface area contributed by atoms with E-state index in [9.17, 15) is 4.79 Å². The fourth-order valence-corrected chi connectivity index (χ4v) is 1.89. The first kappa shape index (κ1) is 12.7.